The Labute approximate surface area is 171 Å². The summed E-state index contributed by atoms with van der Waals surface area (Å²) in [4.78, 5) is 16.1. The van der Waals surface area contributed by atoms with Gasteiger partial charge in [0.15, 0.2) is 5.16 Å². The number of thioether (sulfide) groups is 1. The van der Waals surface area contributed by atoms with Crippen molar-refractivity contribution >= 4 is 23.6 Å². The molecule has 2 aromatic heterocycles. The number of benzene rings is 2. The number of aromatic nitrogens is 6. The monoisotopic (exact) mass is 405 g/mol. The van der Waals surface area contributed by atoms with Crippen LogP contribution in [0, 0.1) is 0 Å². The summed E-state index contributed by atoms with van der Waals surface area (Å²) in [6, 6.07) is 20.2. The Kier molecular flexibility index (Phi) is 5.96. The molecule has 2 aromatic carbocycles. The average molecular weight is 405 g/mol. The molecule has 0 unspecified atom stereocenters. The summed E-state index contributed by atoms with van der Waals surface area (Å²) in [6.45, 7) is 0. The molecule has 0 spiro atoms. The molecular formula is C20H19N7OS. The molecule has 0 fully saturated rings. The van der Waals surface area contributed by atoms with Gasteiger partial charge in [0, 0.05) is 12.1 Å². The van der Waals surface area contributed by atoms with Crippen LogP contribution < -0.4 is 5.32 Å². The Bertz CT molecular complexity index is 1050. The largest absolute Gasteiger partial charge is 0.294 e. The van der Waals surface area contributed by atoms with Crippen molar-refractivity contribution in [3.8, 4) is 5.69 Å². The van der Waals surface area contributed by atoms with Gasteiger partial charge < -0.3 is 0 Å². The third kappa shape index (κ3) is 4.88. The molecule has 4 rings (SSSR count). The zero-order valence-electron chi connectivity index (χ0n) is 15.5. The molecule has 146 valence electrons. The number of carbonyl (C=O) groups is 1. The molecule has 2 N–H and O–H groups in total. The molecule has 8 nitrogen and oxygen atoms in total. The third-order valence-electron chi connectivity index (χ3n) is 4.20. The maximum absolute atomic E-state index is 12.2. The van der Waals surface area contributed by atoms with Gasteiger partial charge in [-0.3, -0.25) is 14.7 Å². The lowest BCUT2D eigenvalue weighted by Crippen LogP contribution is -2.15. The number of aryl methyl sites for hydroxylation is 2. The van der Waals surface area contributed by atoms with Gasteiger partial charge in [-0.05, 0) is 24.1 Å². The van der Waals surface area contributed by atoms with Crippen molar-refractivity contribution in [2.45, 2.75) is 18.0 Å². The Morgan fingerprint density at radius 1 is 1.00 bits per heavy atom. The number of nitrogens with one attached hydrogen (secondary N) is 2. The number of para-hydroxylation sites is 1. The summed E-state index contributed by atoms with van der Waals surface area (Å²) in [7, 11) is 0. The van der Waals surface area contributed by atoms with Crippen LogP contribution >= 0.6 is 11.8 Å². The smallest absolute Gasteiger partial charge is 0.237 e. The van der Waals surface area contributed by atoms with Crippen LogP contribution in [-0.2, 0) is 17.6 Å². The fourth-order valence-corrected chi connectivity index (χ4v) is 3.63. The number of anilines is 1. The minimum Gasteiger partial charge on any atom is -0.294 e. The van der Waals surface area contributed by atoms with Gasteiger partial charge >= 0.3 is 0 Å². The van der Waals surface area contributed by atoms with Crippen LogP contribution in [0.25, 0.3) is 5.69 Å². The van der Waals surface area contributed by atoms with Crippen LogP contribution in [0.4, 0.5) is 5.95 Å². The number of H-pyrrole nitrogens is 1. The van der Waals surface area contributed by atoms with Gasteiger partial charge in [-0.25, -0.2) is 5.10 Å². The lowest BCUT2D eigenvalue weighted by molar-refractivity contribution is -0.113. The summed E-state index contributed by atoms with van der Waals surface area (Å²) < 4.78 is 2.01. The minimum atomic E-state index is -0.194. The first-order valence-corrected chi connectivity index (χ1v) is 10.1. The van der Waals surface area contributed by atoms with E-state index >= 15 is 0 Å². The summed E-state index contributed by atoms with van der Waals surface area (Å²) in [6.07, 6.45) is 2.95. The predicted molar refractivity (Wildman–Crippen MR) is 111 cm³/mol. The zero-order valence-corrected chi connectivity index (χ0v) is 16.3. The second-order valence-electron chi connectivity index (χ2n) is 6.23. The van der Waals surface area contributed by atoms with Crippen LogP contribution in [0.1, 0.15) is 11.4 Å². The van der Waals surface area contributed by atoms with Crippen molar-refractivity contribution < 1.29 is 4.79 Å². The molecule has 0 aliphatic heterocycles. The van der Waals surface area contributed by atoms with Crippen LogP contribution in [0.3, 0.4) is 0 Å². The Hall–Kier alpha value is -3.46. The molecule has 9 heteroatoms. The molecule has 4 aromatic rings. The Morgan fingerprint density at radius 2 is 1.76 bits per heavy atom. The molecule has 2 heterocycles. The predicted octanol–water partition coefficient (Wildman–Crippen LogP) is 2.90. The summed E-state index contributed by atoms with van der Waals surface area (Å²) >= 11 is 1.33. The van der Waals surface area contributed by atoms with Gasteiger partial charge in [-0.15, -0.1) is 10.2 Å². The van der Waals surface area contributed by atoms with E-state index in [0.29, 0.717) is 11.1 Å². The summed E-state index contributed by atoms with van der Waals surface area (Å²) in [5.41, 5.74) is 2.22. The first kappa shape index (κ1) is 18.9. The van der Waals surface area contributed by atoms with Crippen molar-refractivity contribution in [2.24, 2.45) is 0 Å². The minimum absolute atomic E-state index is 0.185. The van der Waals surface area contributed by atoms with Crippen molar-refractivity contribution in [1.29, 1.82) is 0 Å². The zero-order chi connectivity index (χ0) is 19.9. The normalized spacial score (nSPS) is 10.8. The summed E-state index contributed by atoms with van der Waals surface area (Å²) in [5, 5.41) is 18.4. The third-order valence-corrected chi connectivity index (χ3v) is 5.13. The first-order valence-electron chi connectivity index (χ1n) is 9.11. The van der Waals surface area contributed by atoms with Gasteiger partial charge in [-0.2, -0.15) is 10.1 Å². The molecule has 29 heavy (non-hydrogen) atoms. The van der Waals surface area contributed by atoms with Gasteiger partial charge in [0.1, 0.15) is 12.2 Å². The fourth-order valence-electron chi connectivity index (χ4n) is 2.86. The van der Waals surface area contributed by atoms with E-state index in [2.05, 4.69) is 42.8 Å². The van der Waals surface area contributed by atoms with E-state index in [1.807, 2.05) is 53.1 Å². The molecule has 0 aliphatic rings. The SMILES string of the molecule is O=C(CSc1nnc(CCc2ccccc2)n1-c1ccccc1)Nc1ncn[nH]1. The molecule has 0 atom stereocenters. The van der Waals surface area contributed by atoms with Crippen LogP contribution in [0.5, 0.6) is 0 Å². The Morgan fingerprint density at radius 3 is 2.48 bits per heavy atom. The van der Waals surface area contributed by atoms with Crippen molar-refractivity contribution in [3.05, 3.63) is 78.4 Å². The highest BCUT2D eigenvalue weighted by atomic mass is 32.2. The maximum Gasteiger partial charge on any atom is 0.237 e. The number of amides is 1. The van der Waals surface area contributed by atoms with Gasteiger partial charge in [-0.1, -0.05) is 60.3 Å². The molecular weight excluding hydrogens is 386 g/mol. The van der Waals surface area contributed by atoms with E-state index in [4.69, 9.17) is 0 Å². The van der Waals surface area contributed by atoms with E-state index in [-0.39, 0.29) is 11.7 Å². The van der Waals surface area contributed by atoms with Crippen LogP contribution in [0.15, 0.2) is 72.1 Å². The Balaban J connectivity index is 1.50. The number of hydrogen-bond acceptors (Lipinski definition) is 6. The molecule has 0 saturated carbocycles. The lowest BCUT2D eigenvalue weighted by Gasteiger charge is -2.10. The highest BCUT2D eigenvalue weighted by Crippen LogP contribution is 2.23. The molecule has 1 amide bonds. The first-order chi connectivity index (χ1) is 14.3. The number of aromatic amines is 1. The summed E-state index contributed by atoms with van der Waals surface area (Å²) in [5.74, 6) is 1.17. The van der Waals surface area contributed by atoms with Gasteiger partial charge in [0.05, 0.1) is 5.75 Å². The molecule has 0 bridgehead atoms. The second kappa shape index (κ2) is 9.16. The van der Waals surface area contributed by atoms with Crippen LogP contribution in [0.2, 0.25) is 0 Å². The van der Waals surface area contributed by atoms with Crippen molar-refractivity contribution in [3.63, 3.8) is 0 Å². The van der Waals surface area contributed by atoms with Crippen molar-refractivity contribution in [2.75, 3.05) is 11.1 Å². The van der Waals surface area contributed by atoms with E-state index in [1.54, 1.807) is 0 Å². The second-order valence-corrected chi connectivity index (χ2v) is 7.17. The molecule has 0 radical (unpaired) electrons. The van der Waals surface area contributed by atoms with Gasteiger partial charge in [0.25, 0.3) is 0 Å². The standard InChI is InChI=1S/C20H19N7OS/c28-18(23-19-21-14-22-25-19)13-29-20-26-24-17(12-11-15-7-3-1-4-8-15)27(20)16-9-5-2-6-10-16/h1-10,14H,11-13H2,(H2,21,22,23,25,28). The fraction of sp³-hybridized carbons (Fsp3) is 0.150. The number of carbonyl (C=O) groups excluding carboxylic acids is 1. The highest BCUT2D eigenvalue weighted by Gasteiger charge is 2.16. The maximum atomic E-state index is 12.2. The number of hydrogen-bond donors (Lipinski definition) is 2. The lowest BCUT2D eigenvalue weighted by atomic mass is 10.1. The van der Waals surface area contributed by atoms with E-state index in [1.165, 1.54) is 23.7 Å². The topological polar surface area (TPSA) is 101 Å². The molecule has 0 saturated heterocycles. The number of rotatable bonds is 8. The average Bonchev–Trinajstić information content (AvgIpc) is 3.42. The van der Waals surface area contributed by atoms with E-state index in [9.17, 15) is 4.79 Å². The van der Waals surface area contributed by atoms with Crippen molar-refractivity contribution in [1.82, 2.24) is 29.9 Å². The van der Waals surface area contributed by atoms with Gasteiger partial charge in [0.2, 0.25) is 11.9 Å². The number of nitrogens with zero attached hydrogens (tertiary/aromatic N) is 5. The van der Waals surface area contributed by atoms with E-state index in [0.717, 1.165) is 24.4 Å². The van der Waals surface area contributed by atoms with Crippen LogP contribution in [-0.4, -0.2) is 41.6 Å². The van der Waals surface area contributed by atoms with E-state index < -0.39 is 0 Å². The molecule has 0 aliphatic carbocycles. The quantitative estimate of drug-likeness (QED) is 0.437. The highest BCUT2D eigenvalue weighted by molar-refractivity contribution is 7.99.